The average molecular weight is 438 g/mol. The number of carbonyl (C=O) groups is 1. The van der Waals surface area contributed by atoms with Gasteiger partial charge in [-0.2, -0.15) is 0 Å². The maximum Gasteiger partial charge on any atom is 0.273 e. The number of nitrogens with one attached hydrogen (secondary N) is 1. The molecule has 0 unspecified atom stereocenters. The minimum absolute atomic E-state index is 0.139. The molecule has 1 aliphatic heterocycles. The highest BCUT2D eigenvalue weighted by molar-refractivity contribution is 7.10. The van der Waals surface area contributed by atoms with Crippen LogP contribution in [0.2, 0.25) is 0 Å². The standard InChI is InChI=1S/C24H27N3O3S/c28-24(25-16-21(23-6-3-13-31-23)27-9-11-29-12-10-27)20-15-22(30-26-20)19-8-7-17-4-1-2-5-18(17)14-19/h3,6-8,13-15,21H,1-2,4-5,9-12,16H2,(H,25,28)/t21-/m1/s1. The Kier molecular flexibility index (Phi) is 6.15. The van der Waals surface area contributed by atoms with Crippen LogP contribution >= 0.6 is 11.3 Å². The molecule has 1 fully saturated rings. The van der Waals surface area contributed by atoms with Crippen LogP contribution in [0.1, 0.15) is 45.4 Å². The lowest BCUT2D eigenvalue weighted by molar-refractivity contribution is 0.0169. The Hall–Kier alpha value is -2.48. The highest BCUT2D eigenvalue weighted by atomic mass is 32.1. The summed E-state index contributed by atoms with van der Waals surface area (Å²) < 4.78 is 11.0. The predicted octanol–water partition coefficient (Wildman–Crippen LogP) is 4.09. The number of ether oxygens (including phenoxy) is 1. The van der Waals surface area contributed by atoms with Crippen LogP contribution in [0.15, 0.2) is 46.3 Å². The van der Waals surface area contributed by atoms with E-state index in [0.29, 0.717) is 18.0 Å². The quantitative estimate of drug-likeness (QED) is 0.629. The Morgan fingerprint density at radius 2 is 1.97 bits per heavy atom. The molecule has 3 aromatic rings. The van der Waals surface area contributed by atoms with Gasteiger partial charge in [0, 0.05) is 36.1 Å². The molecule has 1 atom stereocenters. The van der Waals surface area contributed by atoms with Gasteiger partial charge in [0.05, 0.1) is 19.3 Å². The minimum atomic E-state index is -0.206. The molecule has 1 aromatic carbocycles. The predicted molar refractivity (Wildman–Crippen MR) is 120 cm³/mol. The Morgan fingerprint density at radius 3 is 2.77 bits per heavy atom. The number of thiophene rings is 1. The average Bonchev–Trinajstić information content (AvgIpc) is 3.52. The first kappa shape index (κ1) is 20.4. The van der Waals surface area contributed by atoms with Gasteiger partial charge in [-0.25, -0.2) is 0 Å². The van der Waals surface area contributed by atoms with E-state index < -0.39 is 0 Å². The van der Waals surface area contributed by atoms with E-state index in [-0.39, 0.29) is 11.9 Å². The topological polar surface area (TPSA) is 67.6 Å². The number of aryl methyl sites for hydroxylation is 2. The van der Waals surface area contributed by atoms with Gasteiger partial charge in [0.15, 0.2) is 11.5 Å². The van der Waals surface area contributed by atoms with Crippen molar-refractivity contribution >= 4 is 17.2 Å². The largest absolute Gasteiger partial charge is 0.379 e. The summed E-state index contributed by atoms with van der Waals surface area (Å²) in [6, 6.07) is 12.5. The highest BCUT2D eigenvalue weighted by Gasteiger charge is 2.25. The third-order valence-electron chi connectivity index (χ3n) is 6.19. The molecule has 0 radical (unpaired) electrons. The fraction of sp³-hybridized carbons (Fsp3) is 0.417. The van der Waals surface area contributed by atoms with Crippen molar-refractivity contribution in [2.75, 3.05) is 32.8 Å². The van der Waals surface area contributed by atoms with Crippen LogP contribution in [0.25, 0.3) is 11.3 Å². The number of fused-ring (bicyclic) bond motifs is 1. The molecule has 1 saturated heterocycles. The summed E-state index contributed by atoms with van der Waals surface area (Å²) in [6.45, 7) is 3.71. The maximum absolute atomic E-state index is 12.8. The van der Waals surface area contributed by atoms with E-state index in [1.165, 1.54) is 28.8 Å². The number of hydrogen-bond acceptors (Lipinski definition) is 6. The number of carbonyl (C=O) groups excluding carboxylic acids is 1. The van der Waals surface area contributed by atoms with Crippen molar-refractivity contribution in [1.29, 1.82) is 0 Å². The summed E-state index contributed by atoms with van der Waals surface area (Å²) in [5.41, 5.74) is 4.11. The van der Waals surface area contributed by atoms with E-state index in [4.69, 9.17) is 9.26 Å². The molecule has 0 spiro atoms. The number of amides is 1. The lowest BCUT2D eigenvalue weighted by atomic mass is 9.90. The van der Waals surface area contributed by atoms with Crippen LogP contribution < -0.4 is 5.32 Å². The van der Waals surface area contributed by atoms with Crippen molar-refractivity contribution < 1.29 is 14.1 Å². The zero-order chi connectivity index (χ0) is 21.0. The van der Waals surface area contributed by atoms with Crippen LogP contribution in [0.4, 0.5) is 0 Å². The molecular formula is C24H27N3O3S. The number of aromatic nitrogens is 1. The molecule has 2 aromatic heterocycles. The van der Waals surface area contributed by atoms with E-state index >= 15 is 0 Å². The molecule has 6 nitrogen and oxygen atoms in total. The fourth-order valence-electron chi connectivity index (χ4n) is 4.46. The van der Waals surface area contributed by atoms with Crippen LogP contribution in [0, 0.1) is 0 Å². The van der Waals surface area contributed by atoms with Gasteiger partial charge in [0.25, 0.3) is 5.91 Å². The number of hydrogen-bond donors (Lipinski definition) is 1. The summed E-state index contributed by atoms with van der Waals surface area (Å²) in [6.07, 6.45) is 4.75. The summed E-state index contributed by atoms with van der Waals surface area (Å²) >= 11 is 1.72. The second-order valence-electron chi connectivity index (χ2n) is 8.16. The lowest BCUT2D eigenvalue weighted by Crippen LogP contribution is -2.43. The summed E-state index contributed by atoms with van der Waals surface area (Å²) in [5.74, 6) is 0.435. The molecule has 0 bridgehead atoms. The van der Waals surface area contributed by atoms with Crippen molar-refractivity contribution in [3.05, 3.63) is 63.5 Å². The second kappa shape index (κ2) is 9.34. The molecule has 0 saturated carbocycles. The molecule has 31 heavy (non-hydrogen) atoms. The highest BCUT2D eigenvalue weighted by Crippen LogP contribution is 2.28. The number of morpholine rings is 1. The molecule has 162 valence electrons. The maximum atomic E-state index is 12.8. The third kappa shape index (κ3) is 4.59. The van der Waals surface area contributed by atoms with Crippen LogP contribution in [0.3, 0.4) is 0 Å². The van der Waals surface area contributed by atoms with E-state index in [2.05, 4.69) is 51.1 Å². The van der Waals surface area contributed by atoms with Crippen molar-refractivity contribution in [3.8, 4) is 11.3 Å². The molecule has 1 N–H and O–H groups in total. The minimum Gasteiger partial charge on any atom is -0.379 e. The number of nitrogens with zero attached hydrogens (tertiary/aromatic N) is 2. The normalized spacial score (nSPS) is 17.8. The zero-order valence-electron chi connectivity index (χ0n) is 17.5. The first-order valence-corrected chi connectivity index (χ1v) is 11.9. The molecule has 1 amide bonds. The van der Waals surface area contributed by atoms with Gasteiger partial charge in [0.2, 0.25) is 0 Å². The zero-order valence-corrected chi connectivity index (χ0v) is 18.3. The van der Waals surface area contributed by atoms with E-state index in [1.807, 2.05) is 0 Å². The third-order valence-corrected chi connectivity index (χ3v) is 7.16. The van der Waals surface area contributed by atoms with Gasteiger partial charge in [0.1, 0.15) is 0 Å². The van der Waals surface area contributed by atoms with Crippen LogP contribution in [-0.2, 0) is 17.6 Å². The first-order chi connectivity index (χ1) is 15.3. The van der Waals surface area contributed by atoms with Crippen LogP contribution in [0.5, 0.6) is 0 Å². The van der Waals surface area contributed by atoms with Gasteiger partial charge in [-0.1, -0.05) is 23.4 Å². The summed E-state index contributed by atoms with van der Waals surface area (Å²) in [5, 5.41) is 9.18. The van der Waals surface area contributed by atoms with Crippen molar-refractivity contribution in [1.82, 2.24) is 15.4 Å². The first-order valence-electron chi connectivity index (χ1n) is 11.0. The van der Waals surface area contributed by atoms with Gasteiger partial charge >= 0.3 is 0 Å². The second-order valence-corrected chi connectivity index (χ2v) is 9.14. The lowest BCUT2D eigenvalue weighted by Gasteiger charge is -2.34. The van der Waals surface area contributed by atoms with Gasteiger partial charge in [-0.05, 0) is 54.3 Å². The summed E-state index contributed by atoms with van der Waals surface area (Å²) in [7, 11) is 0. The molecule has 5 rings (SSSR count). The molecule has 3 heterocycles. The van der Waals surface area contributed by atoms with E-state index in [9.17, 15) is 4.79 Å². The Bertz CT molecular complexity index is 1020. The van der Waals surface area contributed by atoms with Crippen molar-refractivity contribution in [2.45, 2.75) is 31.7 Å². The Labute approximate surface area is 186 Å². The Balaban J connectivity index is 1.27. The SMILES string of the molecule is O=C(NC[C@H](c1cccs1)N1CCOCC1)c1cc(-c2ccc3c(c2)CCCC3)on1. The van der Waals surface area contributed by atoms with Crippen LogP contribution in [-0.4, -0.2) is 48.8 Å². The van der Waals surface area contributed by atoms with E-state index in [1.54, 1.807) is 17.4 Å². The smallest absolute Gasteiger partial charge is 0.273 e. The Morgan fingerprint density at radius 1 is 1.13 bits per heavy atom. The monoisotopic (exact) mass is 437 g/mol. The fourth-order valence-corrected chi connectivity index (χ4v) is 5.33. The van der Waals surface area contributed by atoms with Gasteiger partial charge in [-0.3, -0.25) is 9.69 Å². The van der Waals surface area contributed by atoms with Gasteiger partial charge in [-0.15, -0.1) is 11.3 Å². The van der Waals surface area contributed by atoms with Gasteiger partial charge < -0.3 is 14.6 Å². The molecule has 2 aliphatic rings. The van der Waals surface area contributed by atoms with Crippen molar-refractivity contribution in [3.63, 3.8) is 0 Å². The van der Waals surface area contributed by atoms with E-state index in [0.717, 1.165) is 44.7 Å². The number of benzene rings is 1. The summed E-state index contributed by atoms with van der Waals surface area (Å²) in [4.78, 5) is 16.4. The molecule has 7 heteroatoms. The molecule has 1 aliphatic carbocycles. The molecular weight excluding hydrogens is 410 g/mol. The van der Waals surface area contributed by atoms with Crippen molar-refractivity contribution in [2.24, 2.45) is 0 Å². The number of rotatable bonds is 6.